The number of amides is 1. The lowest BCUT2D eigenvalue weighted by Gasteiger charge is -2.28. The van der Waals surface area contributed by atoms with Gasteiger partial charge in [-0.25, -0.2) is 13.8 Å². The molecule has 30 heavy (non-hydrogen) atoms. The maximum atomic E-state index is 14.5. The number of anilines is 1. The Morgan fingerprint density at radius 1 is 1.17 bits per heavy atom. The molecule has 2 fully saturated rings. The number of nitrogens with zero attached hydrogens (tertiary/aromatic N) is 1. The zero-order valence-electron chi connectivity index (χ0n) is 16.9. The summed E-state index contributed by atoms with van der Waals surface area (Å²) in [6.07, 6.45) is 6.73. The van der Waals surface area contributed by atoms with Crippen LogP contribution in [0.1, 0.15) is 57.7 Å². The molecule has 162 valence electrons. The molecule has 3 N–H and O–H groups in total. The minimum atomic E-state index is -1.15. The number of hydrogen-bond acceptors (Lipinski definition) is 5. The molecule has 0 saturated heterocycles. The van der Waals surface area contributed by atoms with Crippen LogP contribution in [0.5, 0.6) is 0 Å². The molecule has 0 bridgehead atoms. The first-order valence-corrected chi connectivity index (χ1v) is 11.5. The van der Waals surface area contributed by atoms with Gasteiger partial charge < -0.3 is 15.6 Å². The third-order valence-electron chi connectivity index (χ3n) is 5.93. The first-order chi connectivity index (χ1) is 14.4. The Bertz CT molecular complexity index is 1000. The number of rotatable bonds is 6. The van der Waals surface area contributed by atoms with Crippen molar-refractivity contribution >= 4 is 34.3 Å². The molecule has 2 aliphatic rings. The second-order valence-corrected chi connectivity index (χ2v) is 9.50. The quantitative estimate of drug-likeness (QED) is 0.640. The van der Waals surface area contributed by atoms with Crippen LogP contribution in [0.25, 0.3) is 10.9 Å². The predicted octanol–water partition coefficient (Wildman–Crippen LogP) is 3.85. The van der Waals surface area contributed by atoms with Gasteiger partial charge in [-0.3, -0.25) is 9.59 Å². The number of benzene rings is 1. The third kappa shape index (κ3) is 4.61. The van der Waals surface area contributed by atoms with Crippen molar-refractivity contribution in [3.05, 3.63) is 33.9 Å². The second-order valence-electron chi connectivity index (χ2n) is 8.22. The van der Waals surface area contributed by atoms with Gasteiger partial charge in [0.2, 0.25) is 5.91 Å². The number of aromatic amines is 1. The van der Waals surface area contributed by atoms with Gasteiger partial charge in [0, 0.05) is 24.3 Å². The number of fused-ring (bicyclic) bond motifs is 1. The van der Waals surface area contributed by atoms with Crippen LogP contribution < -0.4 is 16.2 Å². The fourth-order valence-electron chi connectivity index (χ4n) is 4.09. The first-order valence-electron chi connectivity index (χ1n) is 10.5. The van der Waals surface area contributed by atoms with Crippen LogP contribution in [0.4, 0.5) is 14.5 Å². The van der Waals surface area contributed by atoms with Crippen LogP contribution in [0.3, 0.4) is 0 Å². The van der Waals surface area contributed by atoms with E-state index in [1.54, 1.807) is 11.8 Å². The van der Waals surface area contributed by atoms with Crippen LogP contribution in [-0.4, -0.2) is 33.2 Å². The number of H-pyrrole nitrogens is 1. The smallest absolute Gasteiger partial charge is 0.261 e. The monoisotopic (exact) mass is 436 g/mol. The molecule has 0 atom stereocenters. The molecule has 0 spiro atoms. The van der Waals surface area contributed by atoms with E-state index in [1.807, 2.05) is 0 Å². The number of halogens is 2. The number of aromatic nitrogens is 2. The van der Waals surface area contributed by atoms with E-state index in [1.165, 1.54) is 13.0 Å². The van der Waals surface area contributed by atoms with Crippen molar-refractivity contribution in [1.29, 1.82) is 0 Å². The zero-order valence-corrected chi connectivity index (χ0v) is 17.7. The fraction of sp³-hybridized carbons (Fsp3) is 0.571. The first kappa shape index (κ1) is 21.1. The van der Waals surface area contributed by atoms with Crippen molar-refractivity contribution in [1.82, 2.24) is 15.3 Å². The Morgan fingerprint density at radius 3 is 2.53 bits per heavy atom. The van der Waals surface area contributed by atoms with E-state index >= 15 is 0 Å². The van der Waals surface area contributed by atoms with Gasteiger partial charge in [0.05, 0.1) is 17.0 Å². The van der Waals surface area contributed by atoms with Crippen molar-refractivity contribution < 1.29 is 13.6 Å². The number of thioether (sulfide) groups is 1. The van der Waals surface area contributed by atoms with Gasteiger partial charge in [-0.2, -0.15) is 11.8 Å². The van der Waals surface area contributed by atoms with Crippen LogP contribution in [-0.2, 0) is 10.5 Å². The summed E-state index contributed by atoms with van der Waals surface area (Å²) in [5.74, 6) is -1.23. The normalized spacial score (nSPS) is 22.0. The summed E-state index contributed by atoms with van der Waals surface area (Å²) < 4.78 is 28.9. The van der Waals surface area contributed by atoms with Crippen molar-refractivity contribution in [3.8, 4) is 0 Å². The van der Waals surface area contributed by atoms with E-state index in [2.05, 4.69) is 20.6 Å². The van der Waals surface area contributed by atoms with Crippen LogP contribution in [0.15, 0.2) is 10.9 Å². The highest BCUT2D eigenvalue weighted by atomic mass is 32.2. The summed E-state index contributed by atoms with van der Waals surface area (Å²) in [5.41, 5.74) is -0.418. The Kier molecular flexibility index (Phi) is 6.26. The lowest BCUT2D eigenvalue weighted by Crippen LogP contribution is -2.36. The topological polar surface area (TPSA) is 86.9 Å². The molecule has 2 saturated carbocycles. The molecule has 0 radical (unpaired) electrons. The van der Waals surface area contributed by atoms with E-state index in [0.717, 1.165) is 44.9 Å². The van der Waals surface area contributed by atoms with Gasteiger partial charge >= 0.3 is 0 Å². The van der Waals surface area contributed by atoms with Crippen molar-refractivity contribution in [2.75, 3.05) is 5.32 Å². The minimum absolute atomic E-state index is 0.00104. The largest absolute Gasteiger partial charge is 0.380 e. The molecular formula is C21H26F2N4O2S. The summed E-state index contributed by atoms with van der Waals surface area (Å²) in [5, 5.41) is 6.05. The highest BCUT2D eigenvalue weighted by Crippen LogP contribution is 2.31. The van der Waals surface area contributed by atoms with E-state index in [0.29, 0.717) is 16.8 Å². The summed E-state index contributed by atoms with van der Waals surface area (Å²) in [6.45, 7) is 1.53. The summed E-state index contributed by atoms with van der Waals surface area (Å²) in [4.78, 5) is 30.6. The Hall–Kier alpha value is -2.16. The summed E-state index contributed by atoms with van der Waals surface area (Å²) >= 11 is 1.69. The second kappa shape index (κ2) is 8.91. The van der Waals surface area contributed by atoms with Gasteiger partial charge in [0.25, 0.3) is 5.56 Å². The molecule has 2 aliphatic carbocycles. The van der Waals surface area contributed by atoms with E-state index < -0.39 is 17.2 Å². The van der Waals surface area contributed by atoms with E-state index in [9.17, 15) is 18.4 Å². The Balaban J connectivity index is 1.46. The maximum absolute atomic E-state index is 14.5. The number of carbonyl (C=O) groups excluding carboxylic acids is 1. The van der Waals surface area contributed by atoms with Crippen molar-refractivity contribution in [2.24, 2.45) is 0 Å². The molecular weight excluding hydrogens is 410 g/mol. The highest BCUT2D eigenvalue weighted by molar-refractivity contribution is 7.99. The molecule has 1 aromatic heterocycles. The molecule has 0 unspecified atom stereocenters. The molecule has 2 aromatic rings. The molecule has 1 heterocycles. The van der Waals surface area contributed by atoms with Gasteiger partial charge in [0.1, 0.15) is 11.2 Å². The Morgan fingerprint density at radius 2 is 1.90 bits per heavy atom. The van der Waals surface area contributed by atoms with E-state index in [4.69, 9.17) is 0 Å². The number of carbonyl (C=O) groups is 1. The molecule has 4 rings (SSSR count). The van der Waals surface area contributed by atoms with Crippen molar-refractivity contribution in [2.45, 2.75) is 75.0 Å². The standard InChI is InChI=1S/C21H26F2N4O2S/c1-11(28)24-13-5-7-14(8-6-13)30-10-17-26-15-9-16(25-12-3-2-4-12)19(22)20(23)18(15)21(29)27-17/h9,12-14,25H,2-8,10H2,1H3,(H,24,28)(H,26,27,29)/t13-,14-. The average molecular weight is 437 g/mol. The Labute approximate surface area is 177 Å². The molecule has 6 nitrogen and oxygen atoms in total. The molecule has 1 aromatic carbocycles. The highest BCUT2D eigenvalue weighted by Gasteiger charge is 2.24. The summed E-state index contributed by atoms with van der Waals surface area (Å²) in [7, 11) is 0. The third-order valence-corrected chi connectivity index (χ3v) is 7.31. The van der Waals surface area contributed by atoms with Gasteiger partial charge in [0.15, 0.2) is 11.6 Å². The van der Waals surface area contributed by atoms with Crippen molar-refractivity contribution in [3.63, 3.8) is 0 Å². The average Bonchev–Trinajstić information content (AvgIpc) is 2.67. The number of hydrogen-bond donors (Lipinski definition) is 3. The zero-order chi connectivity index (χ0) is 21.3. The van der Waals surface area contributed by atoms with Crippen LogP contribution in [0, 0.1) is 11.6 Å². The van der Waals surface area contributed by atoms with Crippen LogP contribution >= 0.6 is 11.8 Å². The predicted molar refractivity (Wildman–Crippen MR) is 115 cm³/mol. The van der Waals surface area contributed by atoms with Crippen LogP contribution in [0.2, 0.25) is 0 Å². The minimum Gasteiger partial charge on any atom is -0.380 e. The molecule has 1 amide bonds. The SMILES string of the molecule is CC(=O)N[C@H]1CC[C@H](SCc2nc3cc(NC4CCC4)c(F)c(F)c3c(=O)[nH]2)CC1. The van der Waals surface area contributed by atoms with Gasteiger partial charge in [-0.15, -0.1) is 0 Å². The lowest BCUT2D eigenvalue weighted by atomic mass is 9.93. The lowest BCUT2D eigenvalue weighted by molar-refractivity contribution is -0.119. The molecule has 9 heteroatoms. The summed E-state index contributed by atoms with van der Waals surface area (Å²) in [6, 6.07) is 1.81. The van der Waals surface area contributed by atoms with Gasteiger partial charge in [-0.05, 0) is 51.0 Å². The number of nitrogens with one attached hydrogen (secondary N) is 3. The van der Waals surface area contributed by atoms with E-state index in [-0.39, 0.29) is 34.6 Å². The van der Waals surface area contributed by atoms with Gasteiger partial charge in [-0.1, -0.05) is 0 Å². The fourth-order valence-corrected chi connectivity index (χ4v) is 5.22. The maximum Gasteiger partial charge on any atom is 0.261 e. The molecule has 0 aliphatic heterocycles.